The van der Waals surface area contributed by atoms with Crippen LogP contribution in [0.4, 0.5) is 5.69 Å². The maximum absolute atomic E-state index is 12.2. The van der Waals surface area contributed by atoms with E-state index in [9.17, 15) is 14.4 Å². The Morgan fingerprint density at radius 1 is 0.957 bits per heavy atom. The second-order valence-corrected chi connectivity index (χ2v) is 5.04. The molecule has 1 amide bonds. The van der Waals surface area contributed by atoms with Gasteiger partial charge >= 0.3 is 5.97 Å². The second kappa shape index (κ2) is 7.35. The topological polar surface area (TPSA) is 72.5 Å². The third kappa shape index (κ3) is 4.51. The van der Waals surface area contributed by atoms with Crippen LogP contribution in [0.5, 0.6) is 0 Å². The summed E-state index contributed by atoms with van der Waals surface area (Å²) in [5.41, 5.74) is 1.25. The summed E-state index contributed by atoms with van der Waals surface area (Å²) in [5.74, 6) is -1.12. The maximum Gasteiger partial charge on any atom is 0.338 e. The van der Waals surface area contributed by atoms with Gasteiger partial charge in [-0.3, -0.25) is 9.59 Å². The number of carbonyl (C=O) groups excluding carboxylic acids is 3. The summed E-state index contributed by atoms with van der Waals surface area (Å²) in [5, 5.41) is 2.59. The van der Waals surface area contributed by atoms with Gasteiger partial charge < -0.3 is 10.1 Å². The Hall–Kier alpha value is -2.95. The quantitative estimate of drug-likeness (QED) is 0.680. The largest absolute Gasteiger partial charge is 0.451 e. The molecule has 0 bridgehead atoms. The maximum atomic E-state index is 12.2. The molecule has 5 nitrogen and oxygen atoms in total. The van der Waals surface area contributed by atoms with Crippen LogP contribution in [0.25, 0.3) is 0 Å². The highest BCUT2D eigenvalue weighted by atomic mass is 16.5. The third-order valence-corrected chi connectivity index (χ3v) is 3.13. The number of esters is 1. The number of ketones is 1. The van der Waals surface area contributed by atoms with Gasteiger partial charge in [0.1, 0.15) is 0 Å². The van der Waals surface area contributed by atoms with Crippen LogP contribution in [0.15, 0.2) is 54.6 Å². The van der Waals surface area contributed by atoms with Crippen LogP contribution in [0.2, 0.25) is 0 Å². The molecule has 0 aliphatic heterocycles. The van der Waals surface area contributed by atoms with E-state index in [4.69, 9.17) is 4.74 Å². The van der Waals surface area contributed by atoms with Crippen molar-refractivity contribution in [3.05, 3.63) is 65.7 Å². The van der Waals surface area contributed by atoms with Crippen molar-refractivity contribution in [2.45, 2.75) is 20.0 Å². The van der Waals surface area contributed by atoms with Crippen LogP contribution in [0, 0.1) is 0 Å². The highest BCUT2D eigenvalue weighted by Crippen LogP contribution is 2.14. The average Bonchev–Trinajstić information content (AvgIpc) is 2.54. The van der Waals surface area contributed by atoms with Crippen molar-refractivity contribution in [1.82, 2.24) is 0 Å². The molecule has 0 unspecified atom stereocenters. The number of Topliss-reactive ketones (excluding diaryl/α,β-unsaturated/α-hetero) is 1. The molecule has 2 rings (SSSR count). The summed E-state index contributed by atoms with van der Waals surface area (Å²) in [7, 11) is 0. The zero-order valence-corrected chi connectivity index (χ0v) is 12.9. The fraction of sp³-hybridized carbons (Fsp3) is 0.167. The van der Waals surface area contributed by atoms with Crippen molar-refractivity contribution in [2.75, 3.05) is 5.32 Å². The molecule has 0 aliphatic carbocycles. The van der Waals surface area contributed by atoms with Gasteiger partial charge in [-0.25, -0.2) is 4.79 Å². The smallest absolute Gasteiger partial charge is 0.338 e. The van der Waals surface area contributed by atoms with Gasteiger partial charge in [-0.2, -0.15) is 0 Å². The Morgan fingerprint density at radius 2 is 1.61 bits per heavy atom. The lowest BCUT2D eigenvalue weighted by Crippen LogP contribution is -2.24. The minimum Gasteiger partial charge on any atom is -0.451 e. The van der Waals surface area contributed by atoms with Crippen molar-refractivity contribution < 1.29 is 19.1 Å². The standard InChI is InChI=1S/C18H17NO4/c1-12(17(21)14-7-4-3-5-8-14)23-18(22)15-9-6-10-16(11-15)19-13(2)20/h3-12H,1-2H3,(H,19,20)/t12-/m0/s1. The minimum absolute atomic E-state index is 0.233. The fourth-order valence-corrected chi connectivity index (χ4v) is 2.05. The molecule has 0 radical (unpaired) electrons. The number of rotatable bonds is 5. The molecule has 2 aromatic carbocycles. The summed E-state index contributed by atoms with van der Waals surface area (Å²) in [6.45, 7) is 2.91. The van der Waals surface area contributed by atoms with E-state index in [-0.39, 0.29) is 17.3 Å². The molecule has 23 heavy (non-hydrogen) atoms. The summed E-state index contributed by atoms with van der Waals surface area (Å²) < 4.78 is 5.21. The molecule has 0 saturated carbocycles. The van der Waals surface area contributed by atoms with E-state index in [1.807, 2.05) is 0 Å². The van der Waals surface area contributed by atoms with Crippen LogP contribution >= 0.6 is 0 Å². The molecule has 1 atom stereocenters. The van der Waals surface area contributed by atoms with E-state index in [1.54, 1.807) is 48.5 Å². The molecule has 0 saturated heterocycles. The number of carbonyl (C=O) groups is 3. The molecule has 5 heteroatoms. The predicted octanol–water partition coefficient (Wildman–Crippen LogP) is 3.07. The van der Waals surface area contributed by atoms with E-state index in [2.05, 4.69) is 5.32 Å². The summed E-state index contributed by atoms with van der Waals surface area (Å²) in [6.07, 6.45) is -0.894. The lowest BCUT2D eigenvalue weighted by Gasteiger charge is -2.13. The molecular formula is C18H17NO4. The first-order chi connectivity index (χ1) is 11.0. The van der Waals surface area contributed by atoms with Gasteiger partial charge in [-0.05, 0) is 25.1 Å². The fourth-order valence-electron chi connectivity index (χ4n) is 2.05. The van der Waals surface area contributed by atoms with E-state index in [0.29, 0.717) is 11.3 Å². The molecule has 0 heterocycles. The van der Waals surface area contributed by atoms with Crippen LogP contribution in [0.1, 0.15) is 34.6 Å². The molecule has 1 N–H and O–H groups in total. The zero-order valence-electron chi connectivity index (χ0n) is 12.9. The van der Waals surface area contributed by atoms with Crippen LogP contribution in [-0.2, 0) is 9.53 Å². The van der Waals surface area contributed by atoms with Crippen molar-refractivity contribution in [3.8, 4) is 0 Å². The number of ether oxygens (including phenoxy) is 1. The zero-order chi connectivity index (χ0) is 16.8. The summed E-state index contributed by atoms with van der Waals surface area (Å²) in [6, 6.07) is 15.0. The van der Waals surface area contributed by atoms with Gasteiger partial charge in [0.15, 0.2) is 6.10 Å². The summed E-state index contributed by atoms with van der Waals surface area (Å²) in [4.78, 5) is 35.4. The van der Waals surface area contributed by atoms with Gasteiger partial charge in [-0.1, -0.05) is 36.4 Å². The third-order valence-electron chi connectivity index (χ3n) is 3.13. The Bertz CT molecular complexity index is 725. The van der Waals surface area contributed by atoms with Gasteiger partial charge in [0, 0.05) is 18.2 Å². The van der Waals surface area contributed by atoms with Crippen molar-refractivity contribution >= 4 is 23.3 Å². The summed E-state index contributed by atoms with van der Waals surface area (Å²) >= 11 is 0. The Morgan fingerprint density at radius 3 is 2.26 bits per heavy atom. The van der Waals surface area contributed by atoms with E-state index in [0.717, 1.165) is 0 Å². The number of hydrogen-bond donors (Lipinski definition) is 1. The molecule has 118 valence electrons. The first kappa shape index (κ1) is 16.4. The minimum atomic E-state index is -0.894. The van der Waals surface area contributed by atoms with E-state index >= 15 is 0 Å². The lowest BCUT2D eigenvalue weighted by molar-refractivity contribution is -0.114. The van der Waals surface area contributed by atoms with Gasteiger partial charge in [0.2, 0.25) is 11.7 Å². The number of hydrogen-bond acceptors (Lipinski definition) is 4. The monoisotopic (exact) mass is 311 g/mol. The number of anilines is 1. The average molecular weight is 311 g/mol. The Kier molecular flexibility index (Phi) is 5.25. The number of amides is 1. The highest BCUT2D eigenvalue weighted by molar-refractivity contribution is 6.01. The number of benzene rings is 2. The predicted molar refractivity (Wildman–Crippen MR) is 86.4 cm³/mol. The second-order valence-electron chi connectivity index (χ2n) is 5.04. The van der Waals surface area contributed by atoms with E-state index in [1.165, 1.54) is 19.9 Å². The van der Waals surface area contributed by atoms with Gasteiger partial charge in [0.25, 0.3) is 0 Å². The lowest BCUT2D eigenvalue weighted by atomic mass is 10.1. The molecule has 2 aromatic rings. The van der Waals surface area contributed by atoms with Crippen molar-refractivity contribution in [3.63, 3.8) is 0 Å². The highest BCUT2D eigenvalue weighted by Gasteiger charge is 2.20. The van der Waals surface area contributed by atoms with Crippen LogP contribution < -0.4 is 5.32 Å². The van der Waals surface area contributed by atoms with Crippen LogP contribution in [-0.4, -0.2) is 23.8 Å². The van der Waals surface area contributed by atoms with Crippen molar-refractivity contribution in [2.24, 2.45) is 0 Å². The van der Waals surface area contributed by atoms with Crippen LogP contribution in [0.3, 0.4) is 0 Å². The van der Waals surface area contributed by atoms with Crippen molar-refractivity contribution in [1.29, 1.82) is 0 Å². The van der Waals surface area contributed by atoms with Gasteiger partial charge in [0.05, 0.1) is 5.56 Å². The first-order valence-electron chi connectivity index (χ1n) is 7.15. The molecule has 0 aromatic heterocycles. The van der Waals surface area contributed by atoms with Gasteiger partial charge in [-0.15, -0.1) is 0 Å². The molecular weight excluding hydrogens is 294 g/mol. The van der Waals surface area contributed by atoms with E-state index < -0.39 is 12.1 Å². The normalized spacial score (nSPS) is 11.4. The SMILES string of the molecule is CC(=O)Nc1cccc(C(=O)O[C@@H](C)C(=O)c2ccccc2)c1. The molecule has 0 spiro atoms. The molecule has 0 aliphatic rings. The molecule has 0 fully saturated rings. The Labute approximate surface area is 134 Å². The first-order valence-corrected chi connectivity index (χ1v) is 7.15. The Balaban J connectivity index is 2.06. The number of nitrogens with one attached hydrogen (secondary N) is 1.